The van der Waals surface area contributed by atoms with Crippen LogP contribution in [0.15, 0.2) is 29.2 Å². The number of amides is 1. The zero-order valence-corrected chi connectivity index (χ0v) is 11.4. The fourth-order valence-corrected chi connectivity index (χ4v) is 2.31. The number of halogens is 1. The zero-order valence-electron chi connectivity index (χ0n) is 10.6. The van der Waals surface area contributed by atoms with E-state index in [2.05, 4.69) is 5.32 Å². The van der Waals surface area contributed by atoms with Gasteiger partial charge in [-0.1, -0.05) is 19.1 Å². The lowest BCUT2D eigenvalue weighted by atomic mass is 10.2. The monoisotopic (exact) mass is 285 g/mol. The van der Waals surface area contributed by atoms with E-state index in [1.165, 1.54) is 17.8 Å². The number of carbonyl (C=O) groups excluding carboxylic acids is 1. The molecule has 0 saturated carbocycles. The van der Waals surface area contributed by atoms with Crippen LogP contribution in [0.2, 0.25) is 0 Å². The summed E-state index contributed by atoms with van der Waals surface area (Å²) in [5, 5.41) is 11.2. The zero-order chi connectivity index (χ0) is 14.3. The van der Waals surface area contributed by atoms with Crippen molar-refractivity contribution in [2.45, 2.75) is 30.7 Å². The van der Waals surface area contributed by atoms with E-state index in [1.807, 2.05) is 0 Å². The molecule has 0 bridgehead atoms. The number of hydrogen-bond acceptors (Lipinski definition) is 3. The van der Waals surface area contributed by atoms with Gasteiger partial charge in [0.15, 0.2) is 0 Å². The van der Waals surface area contributed by atoms with Gasteiger partial charge in [-0.15, -0.1) is 11.8 Å². The molecule has 0 fully saturated rings. The molecule has 1 aromatic carbocycles. The van der Waals surface area contributed by atoms with Crippen molar-refractivity contribution < 1.29 is 19.1 Å². The fraction of sp³-hybridized carbons (Fsp3) is 0.385. The maximum absolute atomic E-state index is 13.3. The Labute approximate surface area is 115 Å². The van der Waals surface area contributed by atoms with E-state index in [4.69, 9.17) is 5.11 Å². The molecule has 0 radical (unpaired) electrons. The number of rotatable bonds is 7. The Hall–Kier alpha value is -1.56. The predicted octanol–water partition coefficient (Wildman–Crippen LogP) is 2.29. The summed E-state index contributed by atoms with van der Waals surface area (Å²) in [5.74, 6) is -1.29. The summed E-state index contributed by atoms with van der Waals surface area (Å²) in [6.07, 6.45) is 0.490. The molecule has 0 heterocycles. The molecule has 1 aromatic rings. The van der Waals surface area contributed by atoms with Crippen LogP contribution >= 0.6 is 11.8 Å². The number of carboxylic acid groups (broad SMARTS) is 1. The van der Waals surface area contributed by atoms with Gasteiger partial charge in [0.05, 0.1) is 0 Å². The number of hydrogen-bond donors (Lipinski definition) is 2. The molecule has 104 valence electrons. The Morgan fingerprint density at radius 1 is 1.42 bits per heavy atom. The summed E-state index contributed by atoms with van der Waals surface area (Å²) in [6, 6.07) is 5.48. The Morgan fingerprint density at radius 2 is 2.11 bits per heavy atom. The van der Waals surface area contributed by atoms with E-state index in [0.717, 1.165) is 0 Å². The first-order chi connectivity index (χ1) is 9.04. The normalized spacial score (nSPS) is 11.9. The summed E-state index contributed by atoms with van der Waals surface area (Å²) >= 11 is 1.24. The first-order valence-electron chi connectivity index (χ1n) is 5.94. The van der Waals surface area contributed by atoms with Crippen LogP contribution in [0.4, 0.5) is 4.39 Å². The molecule has 6 heteroatoms. The molecule has 4 nitrogen and oxygen atoms in total. The van der Waals surface area contributed by atoms with Gasteiger partial charge in [-0.25, -0.2) is 9.18 Å². The van der Waals surface area contributed by atoms with Crippen LogP contribution in [0.25, 0.3) is 0 Å². The molecular formula is C13H16FNO3S. The van der Waals surface area contributed by atoms with Crippen LogP contribution in [0.3, 0.4) is 0 Å². The van der Waals surface area contributed by atoms with E-state index in [9.17, 15) is 14.0 Å². The SMILES string of the molecule is CC[C@@H](NC(=O)CCSc1ccccc1F)C(=O)O. The second-order valence-corrected chi connectivity index (χ2v) is 5.03. The molecule has 0 aliphatic carbocycles. The molecule has 0 aliphatic rings. The largest absolute Gasteiger partial charge is 0.480 e. The number of aliphatic carboxylic acids is 1. The van der Waals surface area contributed by atoms with Crippen LogP contribution < -0.4 is 5.32 Å². The summed E-state index contributed by atoms with van der Waals surface area (Å²) < 4.78 is 13.3. The lowest BCUT2D eigenvalue weighted by Crippen LogP contribution is -2.40. The van der Waals surface area contributed by atoms with Crippen molar-refractivity contribution in [3.05, 3.63) is 30.1 Å². The molecule has 0 aliphatic heterocycles. The average Bonchev–Trinajstić information content (AvgIpc) is 2.38. The van der Waals surface area contributed by atoms with Crippen LogP contribution in [0.1, 0.15) is 19.8 Å². The van der Waals surface area contributed by atoms with Gasteiger partial charge in [-0.3, -0.25) is 4.79 Å². The molecule has 2 N–H and O–H groups in total. The Bertz CT molecular complexity index is 453. The quantitative estimate of drug-likeness (QED) is 0.754. The third-order valence-corrected chi connectivity index (χ3v) is 3.52. The lowest BCUT2D eigenvalue weighted by molar-refractivity contribution is -0.141. The van der Waals surface area contributed by atoms with Gasteiger partial charge in [-0.2, -0.15) is 0 Å². The molecular weight excluding hydrogens is 269 g/mol. The van der Waals surface area contributed by atoms with Gasteiger partial charge in [0, 0.05) is 17.1 Å². The molecule has 19 heavy (non-hydrogen) atoms. The molecule has 0 unspecified atom stereocenters. The number of carbonyl (C=O) groups is 2. The minimum Gasteiger partial charge on any atom is -0.480 e. The standard InChI is InChI=1S/C13H16FNO3S/c1-2-10(13(17)18)15-12(16)7-8-19-11-6-4-3-5-9(11)14/h3-6,10H,2,7-8H2,1H3,(H,15,16)(H,17,18)/t10-/m1/s1. The van der Waals surface area contributed by atoms with Crippen molar-refractivity contribution in [1.82, 2.24) is 5.32 Å². The van der Waals surface area contributed by atoms with Gasteiger partial charge in [-0.05, 0) is 18.6 Å². The Balaban J connectivity index is 2.35. The number of thioether (sulfide) groups is 1. The highest BCUT2D eigenvalue weighted by atomic mass is 32.2. The van der Waals surface area contributed by atoms with Crippen LogP contribution in [-0.2, 0) is 9.59 Å². The fourth-order valence-electron chi connectivity index (χ4n) is 1.42. The van der Waals surface area contributed by atoms with Crippen LogP contribution in [0, 0.1) is 5.82 Å². The van der Waals surface area contributed by atoms with Crippen molar-refractivity contribution >= 4 is 23.6 Å². The lowest BCUT2D eigenvalue weighted by Gasteiger charge is -2.11. The third kappa shape index (κ3) is 5.30. The van der Waals surface area contributed by atoms with E-state index in [0.29, 0.717) is 17.1 Å². The van der Waals surface area contributed by atoms with E-state index >= 15 is 0 Å². The third-order valence-electron chi connectivity index (χ3n) is 2.46. The number of benzene rings is 1. The molecule has 1 amide bonds. The van der Waals surface area contributed by atoms with Crippen LogP contribution in [0.5, 0.6) is 0 Å². The van der Waals surface area contributed by atoms with Crippen molar-refractivity contribution in [2.24, 2.45) is 0 Å². The summed E-state index contributed by atoms with van der Waals surface area (Å²) in [4.78, 5) is 22.7. The van der Waals surface area contributed by atoms with Crippen molar-refractivity contribution in [3.63, 3.8) is 0 Å². The van der Waals surface area contributed by atoms with E-state index in [1.54, 1.807) is 25.1 Å². The smallest absolute Gasteiger partial charge is 0.326 e. The van der Waals surface area contributed by atoms with Gasteiger partial charge in [0.25, 0.3) is 0 Å². The second-order valence-electron chi connectivity index (χ2n) is 3.90. The van der Waals surface area contributed by atoms with E-state index < -0.39 is 12.0 Å². The van der Waals surface area contributed by atoms with Gasteiger partial charge >= 0.3 is 5.97 Å². The highest BCUT2D eigenvalue weighted by Crippen LogP contribution is 2.21. The minimum absolute atomic E-state index is 0.156. The highest BCUT2D eigenvalue weighted by molar-refractivity contribution is 7.99. The number of carboxylic acids is 1. The summed E-state index contributed by atoms with van der Waals surface area (Å²) in [7, 11) is 0. The van der Waals surface area contributed by atoms with E-state index in [-0.39, 0.29) is 18.1 Å². The first kappa shape index (κ1) is 15.5. The first-order valence-corrected chi connectivity index (χ1v) is 6.92. The van der Waals surface area contributed by atoms with Crippen molar-refractivity contribution in [1.29, 1.82) is 0 Å². The summed E-state index contributed by atoms with van der Waals surface area (Å²) in [5.41, 5.74) is 0. The van der Waals surface area contributed by atoms with Crippen LogP contribution in [-0.4, -0.2) is 28.8 Å². The van der Waals surface area contributed by atoms with Crippen molar-refractivity contribution in [2.75, 3.05) is 5.75 Å². The number of nitrogens with one attached hydrogen (secondary N) is 1. The molecule has 0 saturated heterocycles. The molecule has 0 aromatic heterocycles. The predicted molar refractivity (Wildman–Crippen MR) is 71.6 cm³/mol. The van der Waals surface area contributed by atoms with Crippen molar-refractivity contribution in [3.8, 4) is 0 Å². The topological polar surface area (TPSA) is 66.4 Å². The second kappa shape index (κ2) is 7.78. The van der Waals surface area contributed by atoms with Gasteiger partial charge in [0.1, 0.15) is 11.9 Å². The highest BCUT2D eigenvalue weighted by Gasteiger charge is 2.17. The molecule has 1 rings (SSSR count). The summed E-state index contributed by atoms with van der Waals surface area (Å²) in [6.45, 7) is 1.69. The van der Waals surface area contributed by atoms with Gasteiger partial charge < -0.3 is 10.4 Å². The molecule has 0 spiro atoms. The van der Waals surface area contributed by atoms with Gasteiger partial charge in [0.2, 0.25) is 5.91 Å². The molecule has 1 atom stereocenters. The minimum atomic E-state index is -1.04. The Morgan fingerprint density at radius 3 is 2.68 bits per heavy atom. The maximum atomic E-state index is 13.3. The average molecular weight is 285 g/mol. The maximum Gasteiger partial charge on any atom is 0.326 e. The Kier molecular flexibility index (Phi) is 6.35.